The van der Waals surface area contributed by atoms with Crippen LogP contribution >= 0.6 is 23.4 Å². The fourth-order valence-corrected chi connectivity index (χ4v) is 3.39. The largest absolute Gasteiger partial charge is 0.325 e. The number of aromatic nitrogens is 3. The Morgan fingerprint density at radius 3 is 2.62 bits per heavy atom. The van der Waals surface area contributed by atoms with Gasteiger partial charge in [-0.3, -0.25) is 4.79 Å². The van der Waals surface area contributed by atoms with Gasteiger partial charge in [-0.15, -0.1) is 10.2 Å². The maximum Gasteiger partial charge on any atom is 0.237 e. The van der Waals surface area contributed by atoms with Crippen LogP contribution in [0.4, 0.5) is 5.69 Å². The first-order valence-corrected chi connectivity index (χ1v) is 9.39. The molecule has 0 fully saturated rings. The van der Waals surface area contributed by atoms with Crippen LogP contribution < -0.4 is 5.32 Å². The van der Waals surface area contributed by atoms with Gasteiger partial charge in [0, 0.05) is 23.3 Å². The molecular weight excluding hydrogens is 368 g/mol. The minimum atomic E-state index is -0.309. The number of thioether (sulfide) groups is 1. The summed E-state index contributed by atoms with van der Waals surface area (Å²) < 4.78 is 1.88. The fraction of sp³-hybridized carbons (Fsp3) is 0.211. The summed E-state index contributed by atoms with van der Waals surface area (Å²) in [5, 5.41) is 12.4. The van der Waals surface area contributed by atoms with Crippen LogP contribution in [0.15, 0.2) is 53.7 Å². The maximum absolute atomic E-state index is 12.4. The minimum absolute atomic E-state index is 0.0726. The zero-order valence-electron chi connectivity index (χ0n) is 14.7. The van der Waals surface area contributed by atoms with Crippen LogP contribution in [0.2, 0.25) is 5.02 Å². The summed E-state index contributed by atoms with van der Waals surface area (Å²) in [5.41, 5.74) is 2.82. The number of halogens is 1. The normalized spacial score (nSPS) is 12.0. The molecule has 0 aliphatic carbocycles. The predicted molar refractivity (Wildman–Crippen MR) is 107 cm³/mol. The van der Waals surface area contributed by atoms with Crippen LogP contribution in [0.25, 0.3) is 11.4 Å². The number of carbonyl (C=O) groups is 1. The van der Waals surface area contributed by atoms with E-state index < -0.39 is 0 Å². The average Bonchev–Trinajstić information content (AvgIpc) is 2.96. The minimum Gasteiger partial charge on any atom is -0.325 e. The SMILES string of the molecule is Cc1cccc(NC(=O)[C@H](C)Sc2nnc(-c3ccc(Cl)cc3)n2C)c1. The van der Waals surface area contributed by atoms with Crippen molar-refractivity contribution in [1.82, 2.24) is 14.8 Å². The first kappa shape index (κ1) is 18.5. The zero-order valence-corrected chi connectivity index (χ0v) is 16.3. The molecule has 5 nitrogen and oxygen atoms in total. The highest BCUT2D eigenvalue weighted by Crippen LogP contribution is 2.27. The van der Waals surface area contributed by atoms with Gasteiger partial charge in [0.15, 0.2) is 11.0 Å². The Hall–Kier alpha value is -2.31. The second-order valence-corrected chi connectivity index (χ2v) is 7.74. The molecule has 0 saturated carbocycles. The van der Waals surface area contributed by atoms with Gasteiger partial charge in [0.2, 0.25) is 5.91 Å². The molecule has 1 N–H and O–H groups in total. The molecule has 3 aromatic rings. The van der Waals surface area contributed by atoms with E-state index in [1.807, 2.05) is 74.0 Å². The Morgan fingerprint density at radius 2 is 1.92 bits per heavy atom. The van der Waals surface area contributed by atoms with E-state index in [1.54, 1.807) is 0 Å². The van der Waals surface area contributed by atoms with E-state index in [0.29, 0.717) is 10.2 Å². The van der Waals surface area contributed by atoms with Crippen LogP contribution in [0.3, 0.4) is 0 Å². The van der Waals surface area contributed by atoms with Gasteiger partial charge in [0.05, 0.1) is 5.25 Å². The first-order valence-electron chi connectivity index (χ1n) is 8.13. The van der Waals surface area contributed by atoms with Gasteiger partial charge in [-0.2, -0.15) is 0 Å². The summed E-state index contributed by atoms with van der Waals surface area (Å²) in [6.45, 7) is 3.85. The summed E-state index contributed by atoms with van der Waals surface area (Å²) in [4.78, 5) is 12.4. The molecule has 134 valence electrons. The molecule has 1 amide bonds. The smallest absolute Gasteiger partial charge is 0.237 e. The summed E-state index contributed by atoms with van der Waals surface area (Å²) in [7, 11) is 1.89. The number of benzene rings is 2. The molecular formula is C19H19ClN4OS. The Balaban J connectivity index is 1.70. The molecule has 3 rings (SSSR count). The van der Waals surface area contributed by atoms with Gasteiger partial charge in [-0.05, 0) is 55.8 Å². The van der Waals surface area contributed by atoms with Gasteiger partial charge in [0.25, 0.3) is 0 Å². The molecule has 0 aliphatic rings. The second kappa shape index (κ2) is 7.93. The van der Waals surface area contributed by atoms with Crippen molar-refractivity contribution in [3.63, 3.8) is 0 Å². The van der Waals surface area contributed by atoms with E-state index >= 15 is 0 Å². The third-order valence-electron chi connectivity index (χ3n) is 3.87. The van der Waals surface area contributed by atoms with Crippen LogP contribution in [0, 0.1) is 6.92 Å². The molecule has 2 aromatic carbocycles. The van der Waals surface area contributed by atoms with Gasteiger partial charge in [-0.1, -0.05) is 35.5 Å². The van der Waals surface area contributed by atoms with Crippen molar-refractivity contribution in [3.05, 3.63) is 59.1 Å². The van der Waals surface area contributed by atoms with Crippen LogP contribution in [-0.2, 0) is 11.8 Å². The number of nitrogens with zero attached hydrogens (tertiary/aromatic N) is 3. The maximum atomic E-state index is 12.4. The highest BCUT2D eigenvalue weighted by Gasteiger charge is 2.19. The van der Waals surface area contributed by atoms with E-state index in [-0.39, 0.29) is 11.2 Å². The monoisotopic (exact) mass is 386 g/mol. The number of rotatable bonds is 5. The molecule has 1 heterocycles. The Morgan fingerprint density at radius 1 is 1.19 bits per heavy atom. The predicted octanol–water partition coefficient (Wildman–Crippen LogP) is 4.56. The molecule has 1 atom stereocenters. The molecule has 0 spiro atoms. The Labute approximate surface area is 161 Å². The Kier molecular flexibility index (Phi) is 5.64. The second-order valence-electron chi connectivity index (χ2n) is 5.99. The van der Waals surface area contributed by atoms with Crippen LogP contribution in [0.5, 0.6) is 0 Å². The van der Waals surface area contributed by atoms with Crippen molar-refractivity contribution in [2.24, 2.45) is 7.05 Å². The van der Waals surface area contributed by atoms with E-state index in [1.165, 1.54) is 11.8 Å². The summed E-state index contributed by atoms with van der Waals surface area (Å²) in [6, 6.07) is 15.2. The van der Waals surface area contributed by atoms with Crippen LogP contribution in [0.1, 0.15) is 12.5 Å². The van der Waals surface area contributed by atoms with Crippen LogP contribution in [-0.4, -0.2) is 25.9 Å². The van der Waals surface area contributed by atoms with Crippen molar-refractivity contribution in [1.29, 1.82) is 0 Å². The number of nitrogens with one attached hydrogen (secondary N) is 1. The lowest BCUT2D eigenvalue weighted by Gasteiger charge is -2.12. The number of anilines is 1. The van der Waals surface area contributed by atoms with E-state index in [9.17, 15) is 4.79 Å². The van der Waals surface area contributed by atoms with E-state index in [4.69, 9.17) is 11.6 Å². The first-order chi connectivity index (χ1) is 12.4. The summed E-state index contributed by atoms with van der Waals surface area (Å²) in [6.07, 6.45) is 0. The standard InChI is InChI=1S/C19H19ClN4OS/c1-12-5-4-6-16(11-12)21-18(25)13(2)26-19-23-22-17(24(19)3)14-7-9-15(20)10-8-14/h4-11,13H,1-3H3,(H,21,25)/t13-/m0/s1. The van der Waals surface area contributed by atoms with Gasteiger partial charge >= 0.3 is 0 Å². The molecule has 7 heteroatoms. The average molecular weight is 387 g/mol. The number of amides is 1. The lowest BCUT2D eigenvalue weighted by molar-refractivity contribution is -0.115. The highest BCUT2D eigenvalue weighted by molar-refractivity contribution is 8.00. The van der Waals surface area contributed by atoms with Crippen molar-refractivity contribution in [2.45, 2.75) is 24.3 Å². The number of carbonyl (C=O) groups excluding carboxylic acids is 1. The van der Waals surface area contributed by atoms with Crippen molar-refractivity contribution in [3.8, 4) is 11.4 Å². The lowest BCUT2D eigenvalue weighted by Crippen LogP contribution is -2.22. The number of hydrogen-bond donors (Lipinski definition) is 1. The topological polar surface area (TPSA) is 59.8 Å². The third kappa shape index (κ3) is 4.26. The molecule has 0 radical (unpaired) electrons. The highest BCUT2D eigenvalue weighted by atomic mass is 35.5. The Bertz CT molecular complexity index is 924. The van der Waals surface area contributed by atoms with Gasteiger partial charge < -0.3 is 9.88 Å². The molecule has 26 heavy (non-hydrogen) atoms. The molecule has 1 aromatic heterocycles. The van der Waals surface area contributed by atoms with Gasteiger partial charge in [-0.25, -0.2) is 0 Å². The van der Waals surface area contributed by atoms with Gasteiger partial charge in [0.1, 0.15) is 0 Å². The van der Waals surface area contributed by atoms with E-state index in [2.05, 4.69) is 15.5 Å². The molecule has 0 unspecified atom stereocenters. The molecule has 0 saturated heterocycles. The van der Waals surface area contributed by atoms with Crippen molar-refractivity contribution in [2.75, 3.05) is 5.32 Å². The zero-order chi connectivity index (χ0) is 18.7. The fourth-order valence-electron chi connectivity index (χ4n) is 2.45. The molecule has 0 bridgehead atoms. The third-order valence-corrected chi connectivity index (χ3v) is 5.26. The number of aryl methyl sites for hydroxylation is 1. The molecule has 0 aliphatic heterocycles. The van der Waals surface area contributed by atoms with E-state index in [0.717, 1.165) is 22.6 Å². The quantitative estimate of drug-likeness (QED) is 0.653. The van der Waals surface area contributed by atoms with Crippen molar-refractivity contribution < 1.29 is 4.79 Å². The summed E-state index contributed by atoms with van der Waals surface area (Å²) in [5.74, 6) is 0.659. The summed E-state index contributed by atoms with van der Waals surface area (Å²) >= 11 is 7.30. The van der Waals surface area contributed by atoms with Crippen molar-refractivity contribution >= 4 is 35.0 Å². The lowest BCUT2D eigenvalue weighted by atomic mass is 10.2. The number of hydrogen-bond acceptors (Lipinski definition) is 4.